The number of rotatable bonds is 2. The van der Waals surface area contributed by atoms with Gasteiger partial charge in [-0.2, -0.15) is 0 Å². The van der Waals surface area contributed by atoms with Crippen LogP contribution in [-0.4, -0.2) is 22.5 Å². The van der Waals surface area contributed by atoms with E-state index < -0.39 is 5.97 Å². The van der Waals surface area contributed by atoms with Crippen molar-refractivity contribution in [3.63, 3.8) is 0 Å². The van der Waals surface area contributed by atoms with E-state index in [0.29, 0.717) is 17.8 Å². The third-order valence-electron chi connectivity index (χ3n) is 2.06. The predicted molar refractivity (Wildman–Crippen MR) is 56.5 cm³/mol. The number of pyridine rings is 1. The van der Waals surface area contributed by atoms with Crippen molar-refractivity contribution in [2.24, 2.45) is 0 Å². The molecule has 2 aromatic rings. The zero-order valence-corrected chi connectivity index (χ0v) is 8.28. The summed E-state index contributed by atoms with van der Waals surface area (Å²) in [6.07, 6.45) is 1.74. The molecule has 0 saturated carbocycles. The zero-order chi connectivity index (χ0) is 10.8. The van der Waals surface area contributed by atoms with Gasteiger partial charge in [-0.05, 0) is 19.1 Å². The van der Waals surface area contributed by atoms with Gasteiger partial charge in [0.25, 0.3) is 0 Å². The highest BCUT2D eigenvalue weighted by molar-refractivity contribution is 5.98. The molecule has 0 aliphatic carbocycles. The SMILES string of the molecule is CCOC(=O)c1cc2cc[nH]c2nc1N. The number of nitrogens with zero attached hydrogens (tertiary/aromatic N) is 1. The molecule has 2 rings (SSSR count). The number of nitrogen functional groups attached to an aromatic ring is 1. The maximum atomic E-state index is 11.5. The highest BCUT2D eigenvalue weighted by Gasteiger charge is 2.13. The molecule has 3 N–H and O–H groups in total. The standard InChI is InChI=1S/C10H11N3O2/c1-2-15-10(14)7-5-6-3-4-12-9(6)13-8(7)11/h3-5H,2H2,1H3,(H3,11,12,13). The Bertz CT molecular complexity index is 504. The molecule has 0 spiro atoms. The molecular formula is C10H11N3O2. The number of esters is 1. The molecule has 2 heterocycles. The van der Waals surface area contributed by atoms with Crippen molar-refractivity contribution in [2.75, 3.05) is 12.3 Å². The Hall–Kier alpha value is -2.04. The summed E-state index contributed by atoms with van der Waals surface area (Å²) in [5.41, 5.74) is 6.62. The van der Waals surface area contributed by atoms with E-state index in [4.69, 9.17) is 10.5 Å². The van der Waals surface area contributed by atoms with Crippen molar-refractivity contribution >= 4 is 22.8 Å². The first-order valence-corrected chi connectivity index (χ1v) is 4.63. The molecule has 15 heavy (non-hydrogen) atoms. The molecule has 0 unspecified atom stereocenters. The van der Waals surface area contributed by atoms with E-state index >= 15 is 0 Å². The molecule has 0 aliphatic heterocycles. The van der Waals surface area contributed by atoms with Gasteiger partial charge in [-0.3, -0.25) is 0 Å². The average molecular weight is 205 g/mol. The number of fused-ring (bicyclic) bond motifs is 1. The predicted octanol–water partition coefficient (Wildman–Crippen LogP) is 1.32. The third-order valence-corrected chi connectivity index (χ3v) is 2.06. The van der Waals surface area contributed by atoms with E-state index in [0.717, 1.165) is 5.39 Å². The third kappa shape index (κ3) is 1.63. The number of H-pyrrole nitrogens is 1. The van der Waals surface area contributed by atoms with E-state index in [9.17, 15) is 4.79 Å². The minimum Gasteiger partial charge on any atom is -0.462 e. The van der Waals surface area contributed by atoms with E-state index in [-0.39, 0.29) is 5.82 Å². The number of nitrogens with one attached hydrogen (secondary N) is 1. The second-order valence-electron chi connectivity index (χ2n) is 3.06. The normalized spacial score (nSPS) is 10.5. The summed E-state index contributed by atoms with van der Waals surface area (Å²) in [7, 11) is 0. The number of aromatic amines is 1. The molecule has 78 valence electrons. The van der Waals surface area contributed by atoms with E-state index in [2.05, 4.69) is 9.97 Å². The maximum absolute atomic E-state index is 11.5. The quantitative estimate of drug-likeness (QED) is 0.724. The number of hydrogen-bond donors (Lipinski definition) is 2. The van der Waals surface area contributed by atoms with Crippen LogP contribution < -0.4 is 5.73 Å². The lowest BCUT2D eigenvalue weighted by Gasteiger charge is -2.04. The van der Waals surface area contributed by atoms with Crippen molar-refractivity contribution in [3.05, 3.63) is 23.9 Å². The number of carbonyl (C=O) groups excluding carboxylic acids is 1. The molecule has 0 saturated heterocycles. The van der Waals surface area contributed by atoms with Crippen molar-refractivity contribution in [1.29, 1.82) is 0 Å². The summed E-state index contributed by atoms with van der Waals surface area (Å²) in [5, 5.41) is 0.840. The first-order chi connectivity index (χ1) is 7.22. The second kappa shape index (κ2) is 3.61. The average Bonchev–Trinajstić information content (AvgIpc) is 2.63. The molecule has 0 fully saturated rings. The van der Waals surface area contributed by atoms with Crippen LogP contribution in [0.15, 0.2) is 18.3 Å². The van der Waals surface area contributed by atoms with Gasteiger partial charge in [0.1, 0.15) is 17.0 Å². The van der Waals surface area contributed by atoms with Crippen molar-refractivity contribution in [3.8, 4) is 0 Å². The Balaban J connectivity index is 2.50. The van der Waals surface area contributed by atoms with E-state index in [1.165, 1.54) is 0 Å². The topological polar surface area (TPSA) is 81.0 Å². The largest absolute Gasteiger partial charge is 0.462 e. The maximum Gasteiger partial charge on any atom is 0.341 e. The van der Waals surface area contributed by atoms with Crippen molar-refractivity contribution < 1.29 is 9.53 Å². The number of carbonyl (C=O) groups is 1. The van der Waals surface area contributed by atoms with Crippen LogP contribution in [0, 0.1) is 0 Å². The summed E-state index contributed by atoms with van der Waals surface area (Å²) in [6, 6.07) is 3.50. The van der Waals surface area contributed by atoms with Crippen LogP contribution in [0.5, 0.6) is 0 Å². The van der Waals surface area contributed by atoms with Gasteiger partial charge in [-0.15, -0.1) is 0 Å². The van der Waals surface area contributed by atoms with Crippen LogP contribution in [0.4, 0.5) is 5.82 Å². The number of aromatic nitrogens is 2. The highest BCUT2D eigenvalue weighted by atomic mass is 16.5. The lowest BCUT2D eigenvalue weighted by atomic mass is 10.2. The lowest BCUT2D eigenvalue weighted by Crippen LogP contribution is -2.09. The number of hydrogen-bond acceptors (Lipinski definition) is 4. The van der Waals surface area contributed by atoms with Crippen molar-refractivity contribution in [1.82, 2.24) is 9.97 Å². The van der Waals surface area contributed by atoms with Crippen LogP contribution in [0.25, 0.3) is 11.0 Å². The monoisotopic (exact) mass is 205 g/mol. The van der Waals surface area contributed by atoms with E-state index in [1.807, 2.05) is 6.07 Å². The minimum absolute atomic E-state index is 0.184. The first kappa shape index (κ1) is 9.51. The molecule has 5 heteroatoms. The molecular weight excluding hydrogens is 194 g/mol. The van der Waals surface area contributed by atoms with E-state index in [1.54, 1.807) is 19.2 Å². The van der Waals surface area contributed by atoms with Gasteiger partial charge in [0.15, 0.2) is 0 Å². The fraction of sp³-hybridized carbons (Fsp3) is 0.200. The number of nitrogens with two attached hydrogens (primary N) is 1. The fourth-order valence-corrected chi connectivity index (χ4v) is 1.37. The number of anilines is 1. The Labute approximate surface area is 86.3 Å². The Kier molecular flexibility index (Phi) is 2.29. The summed E-state index contributed by atoms with van der Waals surface area (Å²) >= 11 is 0. The minimum atomic E-state index is -0.439. The summed E-state index contributed by atoms with van der Waals surface area (Å²) in [5.74, 6) is -0.256. The Morgan fingerprint density at radius 1 is 1.67 bits per heavy atom. The van der Waals surface area contributed by atoms with Crippen LogP contribution in [0.1, 0.15) is 17.3 Å². The Morgan fingerprint density at radius 3 is 3.20 bits per heavy atom. The van der Waals surface area contributed by atoms with Crippen LogP contribution in [0.2, 0.25) is 0 Å². The highest BCUT2D eigenvalue weighted by Crippen LogP contribution is 2.17. The van der Waals surface area contributed by atoms with Gasteiger partial charge in [-0.1, -0.05) is 0 Å². The summed E-state index contributed by atoms with van der Waals surface area (Å²) in [4.78, 5) is 18.5. The lowest BCUT2D eigenvalue weighted by molar-refractivity contribution is 0.0527. The Morgan fingerprint density at radius 2 is 2.47 bits per heavy atom. The molecule has 0 radical (unpaired) electrons. The summed E-state index contributed by atoms with van der Waals surface area (Å²) < 4.78 is 4.87. The van der Waals surface area contributed by atoms with Crippen LogP contribution in [-0.2, 0) is 4.74 Å². The smallest absolute Gasteiger partial charge is 0.341 e. The molecule has 0 aromatic carbocycles. The van der Waals surface area contributed by atoms with Gasteiger partial charge in [-0.25, -0.2) is 9.78 Å². The molecule has 5 nitrogen and oxygen atoms in total. The number of ether oxygens (including phenoxy) is 1. The van der Waals surface area contributed by atoms with Gasteiger partial charge in [0.2, 0.25) is 0 Å². The van der Waals surface area contributed by atoms with Crippen LogP contribution in [0.3, 0.4) is 0 Å². The molecule has 0 atom stereocenters. The van der Waals surface area contributed by atoms with Gasteiger partial charge >= 0.3 is 5.97 Å². The molecule has 2 aromatic heterocycles. The molecule has 0 aliphatic rings. The second-order valence-corrected chi connectivity index (χ2v) is 3.06. The first-order valence-electron chi connectivity index (χ1n) is 4.63. The summed E-state index contributed by atoms with van der Waals surface area (Å²) in [6.45, 7) is 2.07. The van der Waals surface area contributed by atoms with Gasteiger partial charge < -0.3 is 15.5 Å². The molecule has 0 amide bonds. The van der Waals surface area contributed by atoms with Crippen molar-refractivity contribution in [2.45, 2.75) is 6.92 Å². The van der Waals surface area contributed by atoms with Gasteiger partial charge in [0, 0.05) is 11.6 Å². The zero-order valence-electron chi connectivity index (χ0n) is 8.28. The molecule has 0 bridgehead atoms. The van der Waals surface area contributed by atoms with Crippen LogP contribution >= 0.6 is 0 Å². The fourth-order valence-electron chi connectivity index (χ4n) is 1.37. The van der Waals surface area contributed by atoms with Gasteiger partial charge in [0.05, 0.1) is 6.61 Å².